The molecule has 0 spiro atoms. The first-order valence-corrected chi connectivity index (χ1v) is 5.34. The Morgan fingerprint density at radius 2 is 2.11 bits per heavy atom. The average molecular weight is 266 g/mol. The third-order valence-electron chi connectivity index (χ3n) is 2.08. The average Bonchev–Trinajstić information content (AvgIpc) is 2.34. The largest absolute Gasteiger partial charge is 0.432 e. The van der Waals surface area contributed by atoms with Gasteiger partial charge in [0.05, 0.1) is 11.1 Å². The second-order valence-electron chi connectivity index (χ2n) is 3.51. The molecule has 6 nitrogen and oxygen atoms in total. The van der Waals surface area contributed by atoms with Crippen LogP contribution in [0, 0.1) is 17.0 Å². The monoisotopic (exact) mass is 265 g/mol. The molecule has 0 aromatic carbocycles. The molecule has 7 heteroatoms. The van der Waals surface area contributed by atoms with E-state index in [1.54, 1.807) is 13.0 Å². The van der Waals surface area contributed by atoms with Crippen molar-refractivity contribution in [1.29, 1.82) is 0 Å². The lowest BCUT2D eigenvalue weighted by molar-refractivity contribution is -0.386. The summed E-state index contributed by atoms with van der Waals surface area (Å²) in [6.07, 6.45) is 2.86. The molecule has 2 rings (SSSR count). The van der Waals surface area contributed by atoms with Crippen molar-refractivity contribution in [2.24, 2.45) is 0 Å². The van der Waals surface area contributed by atoms with E-state index < -0.39 is 4.92 Å². The number of nitrogens with zero attached hydrogens (tertiary/aromatic N) is 3. The molecule has 0 amide bonds. The van der Waals surface area contributed by atoms with E-state index in [4.69, 9.17) is 16.3 Å². The van der Waals surface area contributed by atoms with Crippen molar-refractivity contribution in [2.75, 3.05) is 0 Å². The van der Waals surface area contributed by atoms with Crippen molar-refractivity contribution in [3.8, 4) is 11.6 Å². The predicted octanol–water partition coefficient (Wildman–Crippen LogP) is 3.14. The fourth-order valence-electron chi connectivity index (χ4n) is 1.28. The molecule has 0 aliphatic carbocycles. The number of halogens is 1. The van der Waals surface area contributed by atoms with Gasteiger partial charge < -0.3 is 4.74 Å². The molecule has 0 aliphatic heterocycles. The summed E-state index contributed by atoms with van der Waals surface area (Å²) < 4.78 is 5.31. The van der Waals surface area contributed by atoms with Gasteiger partial charge in [-0.05, 0) is 24.6 Å². The smallest absolute Gasteiger partial charge is 0.331 e. The highest BCUT2D eigenvalue weighted by atomic mass is 35.5. The van der Waals surface area contributed by atoms with Gasteiger partial charge in [-0.1, -0.05) is 11.6 Å². The lowest BCUT2D eigenvalue weighted by Gasteiger charge is -2.05. The Morgan fingerprint density at radius 3 is 2.72 bits per heavy atom. The molecule has 0 saturated heterocycles. The van der Waals surface area contributed by atoms with Crippen molar-refractivity contribution in [1.82, 2.24) is 9.97 Å². The molecule has 0 fully saturated rings. The Morgan fingerprint density at radius 1 is 1.33 bits per heavy atom. The molecule has 0 aliphatic rings. The molecular formula is C11H8ClN3O3. The van der Waals surface area contributed by atoms with Crippen molar-refractivity contribution >= 4 is 17.3 Å². The second-order valence-corrected chi connectivity index (χ2v) is 3.90. The van der Waals surface area contributed by atoms with Crippen LogP contribution in [0.15, 0.2) is 30.6 Å². The van der Waals surface area contributed by atoms with E-state index in [-0.39, 0.29) is 11.6 Å². The maximum Gasteiger partial charge on any atom is 0.331 e. The number of aromatic nitrogens is 2. The van der Waals surface area contributed by atoms with Crippen LogP contribution >= 0.6 is 11.6 Å². The molecule has 0 N–H and O–H groups in total. The third-order valence-corrected chi connectivity index (χ3v) is 2.30. The van der Waals surface area contributed by atoms with Gasteiger partial charge in [0.1, 0.15) is 10.9 Å². The Balaban J connectivity index is 2.34. The van der Waals surface area contributed by atoms with Gasteiger partial charge in [-0.25, -0.2) is 9.97 Å². The summed E-state index contributed by atoms with van der Waals surface area (Å²) in [6, 6.07) is 4.48. The van der Waals surface area contributed by atoms with Gasteiger partial charge in [0.2, 0.25) is 0 Å². The minimum Gasteiger partial charge on any atom is -0.432 e. The van der Waals surface area contributed by atoms with Crippen molar-refractivity contribution in [3.05, 3.63) is 51.4 Å². The molecular weight excluding hydrogens is 258 g/mol. The van der Waals surface area contributed by atoms with Crippen LogP contribution in [0.3, 0.4) is 0 Å². The molecule has 0 bridgehead atoms. The zero-order chi connectivity index (χ0) is 13.1. The van der Waals surface area contributed by atoms with Crippen LogP contribution in [0.5, 0.6) is 11.6 Å². The Labute approximate surface area is 107 Å². The normalized spacial score (nSPS) is 10.1. The van der Waals surface area contributed by atoms with E-state index in [2.05, 4.69) is 9.97 Å². The molecule has 0 unspecified atom stereocenters. The standard InChI is InChI=1S/C11H8ClN3O3/c1-7-4-9(15(16)17)11(14-5-7)18-8-2-3-10(12)13-6-8/h2-6H,1H3. The summed E-state index contributed by atoms with van der Waals surface area (Å²) in [5.74, 6) is 0.258. The van der Waals surface area contributed by atoms with Crippen molar-refractivity contribution in [3.63, 3.8) is 0 Å². The second kappa shape index (κ2) is 4.97. The SMILES string of the molecule is Cc1cnc(Oc2ccc(Cl)nc2)c([N+](=O)[O-])c1. The number of nitro groups is 1. The summed E-state index contributed by atoms with van der Waals surface area (Å²) in [5, 5.41) is 11.2. The summed E-state index contributed by atoms with van der Waals surface area (Å²) in [6.45, 7) is 1.72. The highest BCUT2D eigenvalue weighted by Gasteiger charge is 2.17. The number of ether oxygens (including phenoxy) is 1. The minimum absolute atomic E-state index is 0.0743. The van der Waals surface area contributed by atoms with Gasteiger partial charge in [-0.2, -0.15) is 0 Å². The fraction of sp³-hybridized carbons (Fsp3) is 0.0909. The van der Waals surface area contributed by atoms with Gasteiger partial charge >= 0.3 is 5.69 Å². The van der Waals surface area contributed by atoms with Gasteiger partial charge in [0.15, 0.2) is 0 Å². The van der Waals surface area contributed by atoms with Crippen LogP contribution in [-0.4, -0.2) is 14.9 Å². The maximum absolute atomic E-state index is 10.9. The molecule has 2 heterocycles. The first kappa shape index (κ1) is 12.3. The maximum atomic E-state index is 10.9. The number of rotatable bonds is 3. The van der Waals surface area contributed by atoms with Crippen LogP contribution in [0.25, 0.3) is 0 Å². The quantitative estimate of drug-likeness (QED) is 0.484. The minimum atomic E-state index is -0.543. The summed E-state index contributed by atoms with van der Waals surface area (Å²) in [7, 11) is 0. The zero-order valence-corrected chi connectivity index (χ0v) is 10.1. The van der Waals surface area contributed by atoms with Crippen LogP contribution < -0.4 is 4.74 Å². The molecule has 2 aromatic heterocycles. The Hall–Kier alpha value is -2.21. The van der Waals surface area contributed by atoms with E-state index in [1.165, 1.54) is 24.5 Å². The van der Waals surface area contributed by atoms with E-state index in [1.807, 2.05) is 0 Å². The molecule has 2 aromatic rings. The number of pyridine rings is 2. The Bertz CT molecular complexity index is 587. The van der Waals surface area contributed by atoms with Gasteiger partial charge in [0.25, 0.3) is 5.88 Å². The van der Waals surface area contributed by atoms with Crippen molar-refractivity contribution in [2.45, 2.75) is 6.92 Å². The lowest BCUT2D eigenvalue weighted by Crippen LogP contribution is -1.97. The van der Waals surface area contributed by atoms with Crippen LogP contribution in [0.2, 0.25) is 5.15 Å². The highest BCUT2D eigenvalue weighted by molar-refractivity contribution is 6.29. The molecule has 0 saturated carbocycles. The molecule has 0 atom stereocenters. The lowest BCUT2D eigenvalue weighted by atomic mass is 10.3. The summed E-state index contributed by atoms with van der Waals surface area (Å²) in [4.78, 5) is 18.0. The fourth-order valence-corrected chi connectivity index (χ4v) is 1.40. The number of hydrogen-bond acceptors (Lipinski definition) is 5. The van der Waals surface area contributed by atoms with Gasteiger partial charge in [0, 0.05) is 12.3 Å². The van der Waals surface area contributed by atoms with Crippen LogP contribution in [0.1, 0.15) is 5.56 Å². The molecule has 0 radical (unpaired) electrons. The van der Waals surface area contributed by atoms with Crippen LogP contribution in [-0.2, 0) is 0 Å². The van der Waals surface area contributed by atoms with E-state index in [9.17, 15) is 10.1 Å². The first-order chi connectivity index (χ1) is 8.56. The Kier molecular flexibility index (Phi) is 3.38. The third kappa shape index (κ3) is 2.72. The topological polar surface area (TPSA) is 78.2 Å². The highest BCUT2D eigenvalue weighted by Crippen LogP contribution is 2.29. The van der Waals surface area contributed by atoms with Crippen molar-refractivity contribution < 1.29 is 9.66 Å². The molecule has 18 heavy (non-hydrogen) atoms. The van der Waals surface area contributed by atoms with Gasteiger partial charge in [-0.15, -0.1) is 0 Å². The van der Waals surface area contributed by atoms with E-state index in [0.717, 1.165) is 0 Å². The predicted molar refractivity (Wildman–Crippen MR) is 64.9 cm³/mol. The summed E-state index contributed by atoms with van der Waals surface area (Å²) in [5.41, 5.74) is 0.494. The first-order valence-electron chi connectivity index (χ1n) is 4.96. The number of hydrogen-bond donors (Lipinski definition) is 0. The van der Waals surface area contributed by atoms with Crippen LogP contribution in [0.4, 0.5) is 5.69 Å². The van der Waals surface area contributed by atoms with Gasteiger partial charge in [-0.3, -0.25) is 10.1 Å². The summed E-state index contributed by atoms with van der Waals surface area (Å²) >= 11 is 5.63. The zero-order valence-electron chi connectivity index (χ0n) is 9.33. The van der Waals surface area contributed by atoms with E-state index in [0.29, 0.717) is 16.5 Å². The van der Waals surface area contributed by atoms with E-state index >= 15 is 0 Å². The molecule has 92 valence electrons. The number of aryl methyl sites for hydroxylation is 1.